The summed E-state index contributed by atoms with van der Waals surface area (Å²) in [5.74, 6) is -2.42. The van der Waals surface area contributed by atoms with Gasteiger partial charge >= 0.3 is 12.1 Å². The molecule has 1 aliphatic rings. The lowest BCUT2D eigenvalue weighted by Gasteiger charge is -2.34. The standard InChI is InChI=1S/C22H23F3N2O2/c23-22(24,25)21(29)26-15-16-11-13-27(14-12-16)20(28)19(17-7-3-1-4-8-17)18-9-5-2-6-10-18/h1-10,16,19H,11-15H2,(H,26,29). The number of rotatable bonds is 5. The van der Waals surface area contributed by atoms with Crippen LogP contribution in [-0.4, -0.2) is 42.5 Å². The number of hydrogen-bond acceptors (Lipinski definition) is 2. The maximum absolute atomic E-state index is 13.3. The van der Waals surface area contributed by atoms with E-state index in [0.717, 1.165) is 11.1 Å². The van der Waals surface area contributed by atoms with Gasteiger partial charge in [-0.3, -0.25) is 9.59 Å². The molecule has 1 saturated heterocycles. The van der Waals surface area contributed by atoms with Crippen molar-refractivity contribution < 1.29 is 22.8 Å². The van der Waals surface area contributed by atoms with E-state index in [4.69, 9.17) is 0 Å². The molecule has 1 N–H and O–H groups in total. The van der Waals surface area contributed by atoms with Crippen molar-refractivity contribution >= 4 is 11.8 Å². The van der Waals surface area contributed by atoms with Crippen LogP contribution in [0.1, 0.15) is 29.9 Å². The highest BCUT2D eigenvalue weighted by molar-refractivity contribution is 5.87. The van der Waals surface area contributed by atoms with Gasteiger partial charge in [0.1, 0.15) is 0 Å². The molecule has 4 nitrogen and oxygen atoms in total. The molecule has 2 amide bonds. The molecule has 0 aromatic heterocycles. The molecule has 2 aromatic carbocycles. The van der Waals surface area contributed by atoms with E-state index in [1.54, 1.807) is 4.90 Å². The van der Waals surface area contributed by atoms with Crippen LogP contribution in [0, 0.1) is 5.92 Å². The van der Waals surface area contributed by atoms with Gasteiger partial charge in [0.15, 0.2) is 0 Å². The lowest BCUT2D eigenvalue weighted by Crippen LogP contribution is -2.45. The molecule has 0 bridgehead atoms. The van der Waals surface area contributed by atoms with Crippen LogP contribution in [0.25, 0.3) is 0 Å². The summed E-state index contributed by atoms with van der Waals surface area (Å²) in [5.41, 5.74) is 1.81. The summed E-state index contributed by atoms with van der Waals surface area (Å²) >= 11 is 0. The lowest BCUT2D eigenvalue weighted by atomic mass is 9.88. The number of amides is 2. The van der Waals surface area contributed by atoms with Crippen LogP contribution >= 0.6 is 0 Å². The van der Waals surface area contributed by atoms with Crippen LogP contribution in [0.3, 0.4) is 0 Å². The monoisotopic (exact) mass is 404 g/mol. The Morgan fingerprint density at radius 3 is 1.86 bits per heavy atom. The van der Waals surface area contributed by atoms with E-state index in [9.17, 15) is 22.8 Å². The molecule has 3 rings (SSSR count). The fourth-order valence-electron chi connectivity index (χ4n) is 3.65. The van der Waals surface area contributed by atoms with E-state index in [0.29, 0.717) is 25.9 Å². The van der Waals surface area contributed by atoms with E-state index in [1.165, 1.54) is 0 Å². The third kappa shape index (κ3) is 5.37. The first kappa shape index (κ1) is 20.9. The summed E-state index contributed by atoms with van der Waals surface area (Å²) in [6.07, 6.45) is -3.75. The number of piperidine rings is 1. The van der Waals surface area contributed by atoms with Gasteiger partial charge in [-0.2, -0.15) is 13.2 Å². The molecule has 2 aromatic rings. The topological polar surface area (TPSA) is 49.4 Å². The number of benzene rings is 2. The third-order valence-electron chi connectivity index (χ3n) is 5.25. The van der Waals surface area contributed by atoms with Gasteiger partial charge < -0.3 is 10.2 Å². The van der Waals surface area contributed by atoms with Crippen LogP contribution in [0.15, 0.2) is 60.7 Å². The highest BCUT2D eigenvalue weighted by Crippen LogP contribution is 2.29. The smallest absolute Gasteiger partial charge is 0.348 e. The van der Waals surface area contributed by atoms with Crippen molar-refractivity contribution in [2.75, 3.05) is 19.6 Å². The summed E-state index contributed by atoms with van der Waals surface area (Å²) in [7, 11) is 0. The van der Waals surface area contributed by atoms with Gasteiger partial charge in [0, 0.05) is 19.6 Å². The summed E-state index contributed by atoms with van der Waals surface area (Å²) in [4.78, 5) is 26.1. The maximum Gasteiger partial charge on any atom is 0.471 e. The second-order valence-corrected chi connectivity index (χ2v) is 7.23. The molecule has 1 fully saturated rings. The number of hydrogen-bond donors (Lipinski definition) is 1. The van der Waals surface area contributed by atoms with Crippen LogP contribution < -0.4 is 5.32 Å². The first-order valence-corrected chi connectivity index (χ1v) is 9.60. The van der Waals surface area contributed by atoms with Gasteiger partial charge in [-0.15, -0.1) is 0 Å². The van der Waals surface area contributed by atoms with Crippen molar-refractivity contribution in [3.8, 4) is 0 Å². The highest BCUT2D eigenvalue weighted by Gasteiger charge is 2.39. The highest BCUT2D eigenvalue weighted by atomic mass is 19.4. The minimum Gasteiger partial charge on any atom is -0.348 e. The lowest BCUT2D eigenvalue weighted by molar-refractivity contribution is -0.173. The van der Waals surface area contributed by atoms with Crippen LogP contribution in [0.2, 0.25) is 0 Å². The van der Waals surface area contributed by atoms with Crippen LogP contribution in [0.5, 0.6) is 0 Å². The van der Waals surface area contributed by atoms with E-state index >= 15 is 0 Å². The average molecular weight is 404 g/mol. The third-order valence-corrected chi connectivity index (χ3v) is 5.25. The Kier molecular flexibility index (Phi) is 6.56. The first-order valence-electron chi connectivity index (χ1n) is 9.60. The second kappa shape index (κ2) is 9.11. The molecule has 154 valence electrons. The molecular weight excluding hydrogens is 381 g/mol. The molecule has 29 heavy (non-hydrogen) atoms. The Morgan fingerprint density at radius 1 is 0.931 bits per heavy atom. The summed E-state index contributed by atoms with van der Waals surface area (Å²) in [5, 5.41) is 1.94. The Labute approximate surface area is 167 Å². The number of likely N-dealkylation sites (tertiary alicyclic amines) is 1. The van der Waals surface area contributed by atoms with Gasteiger partial charge in [0.05, 0.1) is 5.92 Å². The maximum atomic E-state index is 13.3. The molecule has 0 spiro atoms. The van der Waals surface area contributed by atoms with E-state index in [1.807, 2.05) is 66.0 Å². The number of nitrogens with one attached hydrogen (secondary N) is 1. The molecule has 1 heterocycles. The number of carbonyl (C=O) groups excluding carboxylic acids is 2. The number of carbonyl (C=O) groups is 2. The Bertz CT molecular complexity index is 777. The predicted molar refractivity (Wildman–Crippen MR) is 103 cm³/mol. The summed E-state index contributed by atoms with van der Waals surface area (Å²) < 4.78 is 37.0. The fourth-order valence-corrected chi connectivity index (χ4v) is 3.65. The zero-order valence-electron chi connectivity index (χ0n) is 15.9. The largest absolute Gasteiger partial charge is 0.471 e. The van der Waals surface area contributed by atoms with Gasteiger partial charge in [-0.05, 0) is 29.9 Å². The Hall–Kier alpha value is -2.83. The van der Waals surface area contributed by atoms with E-state index < -0.39 is 18.0 Å². The van der Waals surface area contributed by atoms with Crippen molar-refractivity contribution in [3.05, 3.63) is 71.8 Å². The second-order valence-electron chi connectivity index (χ2n) is 7.23. The quantitative estimate of drug-likeness (QED) is 0.826. The summed E-state index contributed by atoms with van der Waals surface area (Å²) in [6.45, 7) is 0.893. The van der Waals surface area contributed by atoms with Gasteiger partial charge in [-0.1, -0.05) is 60.7 Å². The molecule has 0 aliphatic carbocycles. The number of alkyl halides is 3. The predicted octanol–water partition coefficient (Wildman–Crippen LogP) is 3.74. The number of halogens is 3. The molecule has 0 saturated carbocycles. The van der Waals surface area contributed by atoms with Crippen molar-refractivity contribution in [1.82, 2.24) is 10.2 Å². The van der Waals surface area contributed by atoms with Crippen molar-refractivity contribution in [3.63, 3.8) is 0 Å². The van der Waals surface area contributed by atoms with E-state index in [2.05, 4.69) is 0 Å². The molecule has 1 aliphatic heterocycles. The molecule has 0 atom stereocenters. The molecule has 0 radical (unpaired) electrons. The normalized spacial score (nSPS) is 15.4. The molecule has 0 unspecified atom stereocenters. The van der Waals surface area contributed by atoms with Crippen molar-refractivity contribution in [1.29, 1.82) is 0 Å². The first-order chi connectivity index (χ1) is 13.9. The van der Waals surface area contributed by atoms with Gasteiger partial charge in [0.25, 0.3) is 0 Å². The molecular formula is C22H23F3N2O2. The minimum atomic E-state index is -4.87. The Balaban J connectivity index is 1.64. The van der Waals surface area contributed by atoms with Crippen molar-refractivity contribution in [2.45, 2.75) is 24.9 Å². The van der Waals surface area contributed by atoms with Crippen LogP contribution in [-0.2, 0) is 9.59 Å². The fraction of sp³-hybridized carbons (Fsp3) is 0.364. The van der Waals surface area contributed by atoms with E-state index in [-0.39, 0.29) is 18.4 Å². The SMILES string of the molecule is O=C(C(c1ccccc1)c1ccccc1)N1CCC(CNC(=O)C(F)(F)F)CC1. The Morgan fingerprint density at radius 2 is 1.41 bits per heavy atom. The van der Waals surface area contributed by atoms with Gasteiger partial charge in [-0.25, -0.2) is 0 Å². The van der Waals surface area contributed by atoms with Crippen LogP contribution in [0.4, 0.5) is 13.2 Å². The number of nitrogens with zero attached hydrogens (tertiary/aromatic N) is 1. The average Bonchev–Trinajstić information content (AvgIpc) is 2.73. The minimum absolute atomic E-state index is 0.0137. The summed E-state index contributed by atoms with van der Waals surface area (Å²) in [6, 6.07) is 19.1. The molecule has 7 heteroatoms. The zero-order valence-corrected chi connectivity index (χ0v) is 15.9. The zero-order chi connectivity index (χ0) is 20.9. The van der Waals surface area contributed by atoms with Crippen molar-refractivity contribution in [2.24, 2.45) is 5.92 Å². The van der Waals surface area contributed by atoms with Gasteiger partial charge in [0.2, 0.25) is 5.91 Å².